The zero-order valence-corrected chi connectivity index (χ0v) is 10.9. The van der Waals surface area contributed by atoms with Gasteiger partial charge in [0.15, 0.2) is 0 Å². The van der Waals surface area contributed by atoms with Crippen molar-refractivity contribution in [2.45, 2.75) is 20.3 Å². The number of carbonyl (C=O) groups excluding carboxylic acids is 2. The van der Waals surface area contributed by atoms with E-state index in [9.17, 15) is 9.59 Å². The first kappa shape index (κ1) is 14.0. The molecule has 0 atom stereocenters. The quantitative estimate of drug-likeness (QED) is 0.831. The Morgan fingerprint density at radius 2 is 2.06 bits per heavy atom. The van der Waals surface area contributed by atoms with E-state index in [0.717, 1.165) is 5.56 Å². The van der Waals surface area contributed by atoms with Gasteiger partial charge in [-0.2, -0.15) is 0 Å². The maximum atomic E-state index is 11.7. The van der Waals surface area contributed by atoms with E-state index in [-0.39, 0.29) is 18.2 Å². The van der Waals surface area contributed by atoms with Gasteiger partial charge in [0.05, 0.1) is 12.8 Å². The van der Waals surface area contributed by atoms with Crippen molar-refractivity contribution in [3.63, 3.8) is 0 Å². The molecule has 2 amide bonds. The number of hydrogen-bond acceptors (Lipinski definition) is 3. The van der Waals surface area contributed by atoms with Gasteiger partial charge in [-0.3, -0.25) is 9.59 Å². The van der Waals surface area contributed by atoms with Crippen molar-refractivity contribution in [3.8, 4) is 5.75 Å². The number of amides is 2. The number of rotatable bonds is 5. The predicted molar refractivity (Wildman–Crippen MR) is 69.7 cm³/mol. The number of methoxy groups -OCH3 is 1. The average molecular weight is 250 g/mol. The highest BCUT2D eigenvalue weighted by atomic mass is 16.5. The number of benzene rings is 1. The topological polar surface area (TPSA) is 67.4 Å². The number of hydrogen-bond donors (Lipinski definition) is 2. The summed E-state index contributed by atoms with van der Waals surface area (Å²) in [4.78, 5) is 22.3. The second kappa shape index (κ2) is 6.64. The number of carbonyl (C=O) groups is 2. The van der Waals surface area contributed by atoms with Crippen molar-refractivity contribution >= 4 is 17.5 Å². The van der Waals surface area contributed by atoms with Crippen LogP contribution in [0.1, 0.15) is 18.9 Å². The fourth-order valence-electron chi connectivity index (χ4n) is 1.48. The number of ether oxygens (including phenoxy) is 1. The Morgan fingerprint density at radius 3 is 2.67 bits per heavy atom. The SMILES string of the molecule is COc1ccc(C)cc1NC(=O)CCNC(C)=O. The lowest BCUT2D eigenvalue weighted by Gasteiger charge is -2.11. The fraction of sp³-hybridized carbons (Fsp3) is 0.385. The minimum absolute atomic E-state index is 0.143. The van der Waals surface area contributed by atoms with Crippen LogP contribution in [0.2, 0.25) is 0 Å². The summed E-state index contributed by atoms with van der Waals surface area (Å²) in [7, 11) is 1.55. The van der Waals surface area contributed by atoms with E-state index in [1.54, 1.807) is 13.2 Å². The van der Waals surface area contributed by atoms with Crippen LogP contribution in [0.5, 0.6) is 5.75 Å². The van der Waals surface area contributed by atoms with Gasteiger partial charge >= 0.3 is 0 Å². The van der Waals surface area contributed by atoms with Gasteiger partial charge in [-0.25, -0.2) is 0 Å². The Hall–Kier alpha value is -2.04. The summed E-state index contributed by atoms with van der Waals surface area (Å²) >= 11 is 0. The normalized spacial score (nSPS) is 9.72. The fourth-order valence-corrected chi connectivity index (χ4v) is 1.48. The maximum absolute atomic E-state index is 11.7. The first-order valence-electron chi connectivity index (χ1n) is 5.72. The van der Waals surface area contributed by atoms with E-state index in [1.807, 2.05) is 19.1 Å². The van der Waals surface area contributed by atoms with E-state index < -0.39 is 0 Å². The van der Waals surface area contributed by atoms with Crippen molar-refractivity contribution in [3.05, 3.63) is 23.8 Å². The summed E-state index contributed by atoms with van der Waals surface area (Å²) in [5, 5.41) is 5.33. The van der Waals surface area contributed by atoms with E-state index in [0.29, 0.717) is 18.0 Å². The van der Waals surface area contributed by atoms with Crippen molar-refractivity contribution < 1.29 is 14.3 Å². The number of nitrogens with one attached hydrogen (secondary N) is 2. The Kier molecular flexibility index (Phi) is 5.17. The molecule has 0 radical (unpaired) electrons. The third kappa shape index (κ3) is 4.45. The van der Waals surface area contributed by atoms with Crippen LogP contribution in [-0.2, 0) is 9.59 Å². The van der Waals surface area contributed by atoms with Crippen LogP contribution in [0.15, 0.2) is 18.2 Å². The minimum atomic E-state index is -0.160. The molecule has 0 aromatic heterocycles. The standard InChI is InChI=1S/C13H18N2O3/c1-9-4-5-12(18-3)11(8-9)15-13(17)6-7-14-10(2)16/h4-5,8H,6-7H2,1-3H3,(H,14,16)(H,15,17). The summed E-state index contributed by atoms with van der Waals surface area (Å²) in [6.07, 6.45) is 0.233. The lowest BCUT2D eigenvalue weighted by Crippen LogP contribution is -2.25. The largest absolute Gasteiger partial charge is 0.495 e. The Balaban J connectivity index is 2.58. The molecule has 0 fully saturated rings. The molecule has 1 aromatic carbocycles. The highest BCUT2D eigenvalue weighted by molar-refractivity contribution is 5.92. The van der Waals surface area contributed by atoms with Gasteiger partial charge in [0, 0.05) is 19.9 Å². The third-order valence-electron chi connectivity index (χ3n) is 2.36. The van der Waals surface area contributed by atoms with Crippen molar-refractivity contribution in [2.24, 2.45) is 0 Å². The second-order valence-corrected chi connectivity index (χ2v) is 3.98. The molecule has 0 unspecified atom stereocenters. The highest BCUT2D eigenvalue weighted by Gasteiger charge is 2.07. The first-order chi connectivity index (χ1) is 8.52. The molecule has 0 aliphatic rings. The van der Waals surface area contributed by atoms with Crippen LogP contribution in [0.25, 0.3) is 0 Å². The van der Waals surface area contributed by atoms with Gasteiger partial charge in [-0.1, -0.05) is 6.07 Å². The molecule has 18 heavy (non-hydrogen) atoms. The van der Waals surface area contributed by atoms with Crippen LogP contribution >= 0.6 is 0 Å². The average Bonchev–Trinajstić information content (AvgIpc) is 2.28. The zero-order valence-electron chi connectivity index (χ0n) is 10.9. The summed E-state index contributed by atoms with van der Waals surface area (Å²) in [6.45, 7) is 3.68. The summed E-state index contributed by atoms with van der Waals surface area (Å²) in [5.74, 6) is 0.317. The molecular weight excluding hydrogens is 232 g/mol. The highest BCUT2D eigenvalue weighted by Crippen LogP contribution is 2.25. The Bertz CT molecular complexity index is 444. The number of anilines is 1. The van der Waals surface area contributed by atoms with E-state index in [2.05, 4.69) is 10.6 Å². The van der Waals surface area contributed by atoms with Crippen molar-refractivity contribution in [2.75, 3.05) is 19.0 Å². The lowest BCUT2D eigenvalue weighted by atomic mass is 10.2. The Labute approximate surface area is 107 Å². The molecule has 0 bridgehead atoms. The molecule has 0 aliphatic carbocycles. The van der Waals surface area contributed by atoms with E-state index in [4.69, 9.17) is 4.74 Å². The summed E-state index contributed by atoms with van der Waals surface area (Å²) in [6, 6.07) is 5.56. The summed E-state index contributed by atoms with van der Waals surface area (Å²) < 4.78 is 5.16. The van der Waals surface area contributed by atoms with Gasteiger partial charge in [-0.15, -0.1) is 0 Å². The van der Waals surface area contributed by atoms with Gasteiger partial charge < -0.3 is 15.4 Å². The molecule has 0 aliphatic heterocycles. The van der Waals surface area contributed by atoms with E-state index >= 15 is 0 Å². The smallest absolute Gasteiger partial charge is 0.226 e. The van der Waals surface area contributed by atoms with Gasteiger partial charge in [0.25, 0.3) is 0 Å². The van der Waals surface area contributed by atoms with Crippen LogP contribution in [-0.4, -0.2) is 25.5 Å². The van der Waals surface area contributed by atoms with Gasteiger partial charge in [0.2, 0.25) is 11.8 Å². The van der Waals surface area contributed by atoms with E-state index in [1.165, 1.54) is 6.92 Å². The van der Waals surface area contributed by atoms with Crippen LogP contribution in [0.4, 0.5) is 5.69 Å². The monoisotopic (exact) mass is 250 g/mol. The Morgan fingerprint density at radius 1 is 1.33 bits per heavy atom. The predicted octanol–water partition coefficient (Wildman–Crippen LogP) is 1.47. The summed E-state index contributed by atoms with van der Waals surface area (Å²) in [5.41, 5.74) is 1.68. The molecular formula is C13H18N2O3. The molecule has 0 spiro atoms. The molecule has 5 nitrogen and oxygen atoms in total. The zero-order chi connectivity index (χ0) is 13.5. The van der Waals surface area contributed by atoms with Crippen LogP contribution in [0, 0.1) is 6.92 Å². The van der Waals surface area contributed by atoms with Gasteiger partial charge in [-0.05, 0) is 24.6 Å². The second-order valence-electron chi connectivity index (χ2n) is 3.98. The molecule has 1 aromatic rings. The van der Waals surface area contributed by atoms with Crippen molar-refractivity contribution in [1.82, 2.24) is 5.32 Å². The van der Waals surface area contributed by atoms with Gasteiger partial charge in [0.1, 0.15) is 5.75 Å². The van der Waals surface area contributed by atoms with Crippen LogP contribution in [0.3, 0.4) is 0 Å². The minimum Gasteiger partial charge on any atom is -0.495 e. The molecule has 98 valence electrons. The third-order valence-corrected chi connectivity index (χ3v) is 2.36. The molecule has 1 rings (SSSR count). The molecule has 5 heteroatoms. The number of aryl methyl sites for hydroxylation is 1. The first-order valence-corrected chi connectivity index (χ1v) is 5.72. The lowest BCUT2D eigenvalue weighted by molar-refractivity contribution is -0.119. The maximum Gasteiger partial charge on any atom is 0.226 e. The van der Waals surface area contributed by atoms with Crippen molar-refractivity contribution in [1.29, 1.82) is 0 Å². The molecule has 0 heterocycles. The molecule has 0 saturated heterocycles. The van der Waals surface area contributed by atoms with Crippen LogP contribution < -0.4 is 15.4 Å². The molecule has 0 saturated carbocycles. The molecule has 2 N–H and O–H groups in total.